The van der Waals surface area contributed by atoms with Crippen molar-refractivity contribution in [2.75, 3.05) is 39.9 Å². The van der Waals surface area contributed by atoms with Crippen LogP contribution >= 0.6 is 0 Å². The highest BCUT2D eigenvalue weighted by Gasteiger charge is 2.46. The Morgan fingerprint density at radius 1 is 1.03 bits per heavy atom. The highest BCUT2D eigenvalue weighted by atomic mass is 16.5. The monoisotopic (exact) mass is 436 g/mol. The number of nitrogens with zero attached hydrogens (tertiary/aromatic N) is 2. The van der Waals surface area contributed by atoms with Crippen LogP contribution in [0.25, 0.3) is 0 Å². The number of aryl methyl sites for hydroxylation is 2. The summed E-state index contributed by atoms with van der Waals surface area (Å²) >= 11 is 0. The number of carbonyl (C=O) groups is 2. The standard InChI is InChI=1S/C26H32N2O4/c1-20-8-7-11-22(18-20)24(29)28-15-17-32-26(19-28)13-6-5-10-21-9-3-4-12-23(21)31-16-14-27(2)25(26)30/h3-4,7-9,11-12,18H,5-6,10,13-17,19H2,1-2H3. The van der Waals surface area contributed by atoms with Gasteiger partial charge in [0.2, 0.25) is 0 Å². The molecule has 2 amide bonds. The summed E-state index contributed by atoms with van der Waals surface area (Å²) < 4.78 is 12.2. The van der Waals surface area contributed by atoms with Gasteiger partial charge in [0, 0.05) is 19.2 Å². The highest BCUT2D eigenvalue weighted by Crippen LogP contribution is 2.30. The maximum Gasteiger partial charge on any atom is 0.256 e. The molecule has 6 heteroatoms. The second kappa shape index (κ2) is 9.74. The van der Waals surface area contributed by atoms with Gasteiger partial charge in [0.25, 0.3) is 11.8 Å². The first-order valence-electron chi connectivity index (χ1n) is 11.4. The quantitative estimate of drug-likeness (QED) is 0.687. The molecule has 2 aliphatic heterocycles. The summed E-state index contributed by atoms with van der Waals surface area (Å²) in [6.45, 7) is 3.98. The summed E-state index contributed by atoms with van der Waals surface area (Å²) in [5.41, 5.74) is 1.88. The van der Waals surface area contributed by atoms with Crippen LogP contribution in [0.15, 0.2) is 48.5 Å². The van der Waals surface area contributed by atoms with Crippen LogP contribution in [-0.4, -0.2) is 67.1 Å². The summed E-state index contributed by atoms with van der Waals surface area (Å²) in [7, 11) is 1.79. The van der Waals surface area contributed by atoms with Crippen LogP contribution in [0, 0.1) is 6.92 Å². The van der Waals surface area contributed by atoms with Gasteiger partial charge in [-0.05, 0) is 56.4 Å². The molecule has 1 atom stereocenters. The van der Waals surface area contributed by atoms with Gasteiger partial charge in [-0.25, -0.2) is 0 Å². The van der Waals surface area contributed by atoms with Gasteiger partial charge in [-0.1, -0.05) is 35.9 Å². The molecule has 170 valence electrons. The molecule has 0 bridgehead atoms. The third kappa shape index (κ3) is 4.80. The largest absolute Gasteiger partial charge is 0.491 e. The number of carbonyl (C=O) groups excluding carboxylic acids is 2. The van der Waals surface area contributed by atoms with Crippen molar-refractivity contribution in [3.63, 3.8) is 0 Å². The van der Waals surface area contributed by atoms with Crippen molar-refractivity contribution in [2.24, 2.45) is 0 Å². The zero-order chi connectivity index (χ0) is 22.6. The Labute approximate surface area is 190 Å². The van der Waals surface area contributed by atoms with Crippen molar-refractivity contribution >= 4 is 11.8 Å². The molecule has 0 radical (unpaired) electrons. The smallest absolute Gasteiger partial charge is 0.256 e. The molecule has 2 aliphatic rings. The van der Waals surface area contributed by atoms with Gasteiger partial charge in [0.1, 0.15) is 12.4 Å². The lowest BCUT2D eigenvalue weighted by Gasteiger charge is -2.43. The Morgan fingerprint density at radius 2 is 1.88 bits per heavy atom. The number of hydrogen-bond donors (Lipinski definition) is 0. The molecule has 0 aromatic heterocycles. The van der Waals surface area contributed by atoms with Crippen LogP contribution in [0.4, 0.5) is 0 Å². The fraction of sp³-hybridized carbons (Fsp3) is 0.462. The number of fused-ring (bicyclic) bond motifs is 1. The number of para-hydroxylation sites is 1. The molecular formula is C26H32N2O4. The van der Waals surface area contributed by atoms with Crippen molar-refractivity contribution in [1.29, 1.82) is 0 Å². The predicted octanol–water partition coefficient (Wildman–Crippen LogP) is 3.47. The Kier molecular flexibility index (Phi) is 6.80. The number of morpholine rings is 1. The molecule has 6 nitrogen and oxygen atoms in total. The lowest BCUT2D eigenvalue weighted by atomic mass is 9.91. The first-order chi connectivity index (χ1) is 15.5. The van der Waals surface area contributed by atoms with E-state index in [2.05, 4.69) is 6.07 Å². The zero-order valence-electron chi connectivity index (χ0n) is 19.0. The fourth-order valence-corrected chi connectivity index (χ4v) is 4.62. The summed E-state index contributed by atoms with van der Waals surface area (Å²) in [6.07, 6.45) is 3.24. The van der Waals surface area contributed by atoms with Crippen LogP contribution < -0.4 is 4.74 Å². The number of likely N-dealkylation sites (N-methyl/N-ethyl adjacent to an activating group) is 1. The number of hydrogen-bond acceptors (Lipinski definition) is 4. The second-order valence-corrected chi connectivity index (χ2v) is 8.83. The molecule has 1 fully saturated rings. The molecule has 1 saturated heterocycles. The maximum absolute atomic E-state index is 13.5. The second-order valence-electron chi connectivity index (χ2n) is 8.83. The number of benzene rings is 2. The molecule has 2 aromatic rings. The zero-order valence-corrected chi connectivity index (χ0v) is 19.0. The van der Waals surface area contributed by atoms with Crippen molar-refractivity contribution < 1.29 is 19.1 Å². The summed E-state index contributed by atoms with van der Waals surface area (Å²) in [6, 6.07) is 15.7. The summed E-state index contributed by atoms with van der Waals surface area (Å²) in [5, 5.41) is 0. The Morgan fingerprint density at radius 3 is 2.72 bits per heavy atom. The fourth-order valence-electron chi connectivity index (χ4n) is 4.62. The van der Waals surface area contributed by atoms with Gasteiger partial charge in [-0.15, -0.1) is 0 Å². The third-order valence-electron chi connectivity index (χ3n) is 6.41. The summed E-state index contributed by atoms with van der Waals surface area (Å²) in [5.74, 6) is 0.777. The van der Waals surface area contributed by atoms with E-state index >= 15 is 0 Å². The Hall–Kier alpha value is -2.86. The predicted molar refractivity (Wildman–Crippen MR) is 123 cm³/mol. The topological polar surface area (TPSA) is 59.1 Å². The van der Waals surface area contributed by atoms with Gasteiger partial charge in [-0.2, -0.15) is 0 Å². The number of rotatable bonds is 1. The van der Waals surface area contributed by atoms with E-state index in [9.17, 15) is 9.59 Å². The molecule has 2 aromatic carbocycles. The average molecular weight is 437 g/mol. The summed E-state index contributed by atoms with van der Waals surface area (Å²) in [4.78, 5) is 30.2. The van der Waals surface area contributed by atoms with E-state index in [1.807, 2.05) is 49.4 Å². The van der Waals surface area contributed by atoms with Gasteiger partial charge in [0.05, 0.1) is 19.7 Å². The van der Waals surface area contributed by atoms with Crippen LogP contribution in [0.3, 0.4) is 0 Å². The lowest BCUT2D eigenvalue weighted by molar-refractivity contribution is -0.169. The lowest BCUT2D eigenvalue weighted by Crippen LogP contribution is -2.61. The van der Waals surface area contributed by atoms with Crippen LogP contribution in [-0.2, 0) is 16.0 Å². The Balaban J connectivity index is 1.54. The maximum atomic E-state index is 13.5. The van der Waals surface area contributed by atoms with Crippen molar-refractivity contribution in [1.82, 2.24) is 9.80 Å². The number of amides is 2. The number of ether oxygens (including phenoxy) is 2. The SMILES string of the molecule is Cc1cccc(C(=O)N2CCOC3(CCCCc4ccccc4OCCN(C)C3=O)C2)c1. The molecular weight excluding hydrogens is 404 g/mol. The van der Waals surface area contributed by atoms with E-state index in [-0.39, 0.29) is 18.4 Å². The first-order valence-corrected chi connectivity index (χ1v) is 11.4. The molecule has 4 rings (SSSR count). The van der Waals surface area contributed by atoms with Crippen LogP contribution in [0.2, 0.25) is 0 Å². The molecule has 1 spiro atoms. The molecule has 0 aliphatic carbocycles. The molecule has 32 heavy (non-hydrogen) atoms. The minimum absolute atomic E-state index is 0.0461. The highest BCUT2D eigenvalue weighted by molar-refractivity contribution is 5.95. The van der Waals surface area contributed by atoms with Crippen molar-refractivity contribution in [3.8, 4) is 5.75 Å². The van der Waals surface area contributed by atoms with Crippen molar-refractivity contribution in [2.45, 2.75) is 38.2 Å². The van der Waals surface area contributed by atoms with E-state index in [0.29, 0.717) is 38.3 Å². The van der Waals surface area contributed by atoms with Gasteiger partial charge < -0.3 is 19.3 Å². The molecule has 1 unspecified atom stereocenters. The first kappa shape index (κ1) is 22.3. The minimum atomic E-state index is -1.01. The Bertz CT molecular complexity index is 976. The van der Waals surface area contributed by atoms with E-state index in [1.165, 1.54) is 5.56 Å². The van der Waals surface area contributed by atoms with Gasteiger partial charge in [-0.3, -0.25) is 9.59 Å². The van der Waals surface area contributed by atoms with Crippen LogP contribution in [0.1, 0.15) is 40.7 Å². The van der Waals surface area contributed by atoms with Gasteiger partial charge >= 0.3 is 0 Å². The third-order valence-corrected chi connectivity index (χ3v) is 6.41. The molecule has 0 N–H and O–H groups in total. The molecule has 2 heterocycles. The van der Waals surface area contributed by atoms with E-state index in [4.69, 9.17) is 9.47 Å². The van der Waals surface area contributed by atoms with E-state index in [1.54, 1.807) is 16.8 Å². The molecule has 0 saturated carbocycles. The average Bonchev–Trinajstić information content (AvgIpc) is 2.81. The van der Waals surface area contributed by atoms with Crippen molar-refractivity contribution in [3.05, 3.63) is 65.2 Å². The minimum Gasteiger partial charge on any atom is -0.491 e. The normalized spacial score (nSPS) is 22.5. The van der Waals surface area contributed by atoms with E-state index < -0.39 is 5.60 Å². The van der Waals surface area contributed by atoms with Gasteiger partial charge in [0.15, 0.2) is 5.60 Å². The van der Waals surface area contributed by atoms with E-state index in [0.717, 1.165) is 30.6 Å². The van der Waals surface area contributed by atoms with Crippen LogP contribution in [0.5, 0.6) is 5.75 Å².